The minimum absolute atomic E-state index is 0.383. The Morgan fingerprint density at radius 3 is 1.33 bits per heavy atom. The van der Waals surface area contributed by atoms with Gasteiger partial charge in [0.2, 0.25) is 0 Å². The Hall–Kier alpha value is -0.325. The maximum absolute atomic E-state index is 13.3. The predicted octanol–water partition coefficient (Wildman–Crippen LogP) is 2.55. The molecule has 0 aromatic carbocycles. The van der Waals surface area contributed by atoms with Crippen LogP contribution in [0.15, 0.2) is 0 Å². The molecule has 1 nitrogen and oxygen atoms in total. The van der Waals surface area contributed by atoms with E-state index < -0.39 is 30.3 Å². The standard InChI is InChI=1S/C8H14BF5O/c1-5(2,9-15)7(11,12)8(13,14)6(3,4)10/h9,15H,1-4H3. The number of hydrogen-bond acceptors (Lipinski definition) is 1. The Morgan fingerprint density at radius 1 is 0.800 bits per heavy atom. The van der Waals surface area contributed by atoms with Crippen LogP contribution in [0.1, 0.15) is 27.7 Å². The zero-order valence-corrected chi connectivity index (χ0v) is 9.04. The lowest BCUT2D eigenvalue weighted by atomic mass is 9.60. The monoisotopic (exact) mass is 232 g/mol. The van der Waals surface area contributed by atoms with Gasteiger partial charge < -0.3 is 5.02 Å². The number of alkyl halides is 5. The quantitative estimate of drug-likeness (QED) is 0.583. The maximum atomic E-state index is 13.3. The molecule has 0 amide bonds. The predicted molar refractivity (Wildman–Crippen MR) is 48.5 cm³/mol. The highest BCUT2D eigenvalue weighted by atomic mass is 19.3. The summed E-state index contributed by atoms with van der Waals surface area (Å²) in [5, 5.41) is 6.23. The minimum Gasteiger partial charge on any atom is -0.453 e. The third-order valence-corrected chi connectivity index (χ3v) is 2.39. The van der Waals surface area contributed by atoms with Gasteiger partial charge in [0.05, 0.1) is 0 Å². The fourth-order valence-corrected chi connectivity index (χ4v) is 0.898. The smallest absolute Gasteiger partial charge is 0.342 e. The van der Waals surface area contributed by atoms with Crippen molar-refractivity contribution in [3.8, 4) is 0 Å². The summed E-state index contributed by atoms with van der Waals surface area (Å²) < 4.78 is 66.0. The van der Waals surface area contributed by atoms with Crippen LogP contribution in [0.5, 0.6) is 0 Å². The minimum atomic E-state index is -4.84. The highest BCUT2D eigenvalue weighted by Crippen LogP contribution is 2.55. The van der Waals surface area contributed by atoms with E-state index in [2.05, 4.69) is 0 Å². The molecule has 0 rings (SSSR count). The number of rotatable bonds is 4. The van der Waals surface area contributed by atoms with E-state index in [1.165, 1.54) is 0 Å². The summed E-state index contributed by atoms with van der Waals surface area (Å²) in [4.78, 5) is 0. The molecule has 0 atom stereocenters. The summed E-state index contributed by atoms with van der Waals surface area (Å²) in [6.45, 7) is 2.28. The normalized spacial score (nSPS) is 15.3. The van der Waals surface area contributed by atoms with Gasteiger partial charge >= 0.3 is 11.8 Å². The molecule has 0 saturated carbocycles. The lowest BCUT2D eigenvalue weighted by molar-refractivity contribution is -0.276. The van der Waals surface area contributed by atoms with E-state index in [1.807, 2.05) is 0 Å². The zero-order valence-electron chi connectivity index (χ0n) is 9.04. The van der Waals surface area contributed by atoms with Crippen molar-refractivity contribution in [2.75, 3.05) is 0 Å². The molecule has 0 saturated heterocycles. The van der Waals surface area contributed by atoms with Crippen LogP contribution in [-0.4, -0.2) is 30.0 Å². The van der Waals surface area contributed by atoms with Gasteiger partial charge in [0.1, 0.15) is 0 Å². The molecule has 0 aliphatic carbocycles. The third-order valence-electron chi connectivity index (χ3n) is 2.39. The van der Waals surface area contributed by atoms with Crippen LogP contribution in [-0.2, 0) is 0 Å². The summed E-state index contributed by atoms with van der Waals surface area (Å²) in [6.07, 6.45) is 0. The Labute approximate surface area is 85.9 Å². The maximum Gasteiger partial charge on any atom is 0.342 e. The third kappa shape index (κ3) is 2.12. The van der Waals surface area contributed by atoms with Crippen molar-refractivity contribution in [2.45, 2.75) is 50.5 Å². The van der Waals surface area contributed by atoms with E-state index in [1.54, 1.807) is 0 Å². The van der Waals surface area contributed by atoms with Crippen LogP contribution in [0.2, 0.25) is 5.31 Å². The van der Waals surface area contributed by atoms with Gasteiger partial charge in [-0.15, -0.1) is 0 Å². The molecular weight excluding hydrogens is 218 g/mol. The Bertz CT molecular complexity index is 234. The Morgan fingerprint density at radius 2 is 1.13 bits per heavy atom. The van der Waals surface area contributed by atoms with Crippen molar-refractivity contribution < 1.29 is 27.0 Å². The van der Waals surface area contributed by atoms with Crippen LogP contribution < -0.4 is 0 Å². The second-order valence-corrected chi connectivity index (χ2v) is 4.66. The molecule has 90 valence electrons. The lowest BCUT2D eigenvalue weighted by Crippen LogP contribution is -2.58. The molecule has 1 N–H and O–H groups in total. The van der Waals surface area contributed by atoms with E-state index in [0.29, 0.717) is 13.8 Å². The highest BCUT2D eigenvalue weighted by Gasteiger charge is 2.71. The van der Waals surface area contributed by atoms with Crippen molar-refractivity contribution in [3.63, 3.8) is 0 Å². The van der Waals surface area contributed by atoms with Gasteiger partial charge in [-0.2, -0.15) is 17.6 Å². The van der Waals surface area contributed by atoms with Gasteiger partial charge in [-0.3, -0.25) is 0 Å². The van der Waals surface area contributed by atoms with Gasteiger partial charge in [0.25, 0.3) is 7.48 Å². The van der Waals surface area contributed by atoms with E-state index in [0.717, 1.165) is 13.8 Å². The molecule has 0 bridgehead atoms. The van der Waals surface area contributed by atoms with Crippen molar-refractivity contribution in [1.29, 1.82) is 0 Å². The molecule has 0 aliphatic heterocycles. The van der Waals surface area contributed by atoms with Gasteiger partial charge in [0.15, 0.2) is 5.67 Å². The summed E-state index contributed by atoms with van der Waals surface area (Å²) in [5.41, 5.74) is -3.36. The van der Waals surface area contributed by atoms with Crippen LogP contribution in [0.25, 0.3) is 0 Å². The van der Waals surface area contributed by atoms with Crippen molar-refractivity contribution in [2.24, 2.45) is 0 Å². The van der Waals surface area contributed by atoms with Crippen LogP contribution >= 0.6 is 0 Å². The fraction of sp³-hybridized carbons (Fsp3) is 1.00. The van der Waals surface area contributed by atoms with E-state index >= 15 is 0 Å². The van der Waals surface area contributed by atoms with Gasteiger partial charge in [-0.05, 0) is 13.8 Å². The number of halogens is 5. The number of hydrogen-bond donors (Lipinski definition) is 1. The first kappa shape index (κ1) is 14.7. The molecule has 0 radical (unpaired) electrons. The van der Waals surface area contributed by atoms with Crippen molar-refractivity contribution in [3.05, 3.63) is 0 Å². The van der Waals surface area contributed by atoms with E-state index in [4.69, 9.17) is 5.02 Å². The first-order chi connectivity index (χ1) is 6.31. The lowest BCUT2D eigenvalue weighted by Gasteiger charge is -2.41. The molecule has 15 heavy (non-hydrogen) atoms. The molecule has 0 fully saturated rings. The molecule has 0 aliphatic rings. The summed E-state index contributed by atoms with van der Waals surface area (Å²) in [7, 11) is -1.16. The summed E-state index contributed by atoms with van der Waals surface area (Å²) >= 11 is 0. The van der Waals surface area contributed by atoms with Crippen LogP contribution in [0, 0.1) is 0 Å². The largest absolute Gasteiger partial charge is 0.453 e. The van der Waals surface area contributed by atoms with Crippen LogP contribution in [0.3, 0.4) is 0 Å². The molecule has 0 unspecified atom stereocenters. The fourth-order valence-electron chi connectivity index (χ4n) is 0.898. The van der Waals surface area contributed by atoms with Crippen LogP contribution in [0.4, 0.5) is 22.0 Å². The van der Waals surface area contributed by atoms with E-state index in [9.17, 15) is 22.0 Å². The molecular formula is C8H14BF5O. The Balaban J connectivity index is 5.38. The molecule has 0 spiro atoms. The van der Waals surface area contributed by atoms with Crippen molar-refractivity contribution in [1.82, 2.24) is 0 Å². The van der Waals surface area contributed by atoms with Crippen molar-refractivity contribution >= 4 is 7.48 Å². The molecule has 0 heterocycles. The summed E-state index contributed by atoms with van der Waals surface area (Å²) in [5.74, 6) is -9.47. The second-order valence-electron chi connectivity index (χ2n) is 4.66. The average molecular weight is 232 g/mol. The Kier molecular flexibility index (Phi) is 3.53. The topological polar surface area (TPSA) is 20.2 Å². The SMILES string of the molecule is CC(C)(F)C(F)(F)C(F)(F)C(C)(C)BO. The molecule has 0 aromatic rings. The van der Waals surface area contributed by atoms with E-state index in [-0.39, 0.29) is 0 Å². The summed E-state index contributed by atoms with van der Waals surface area (Å²) in [6, 6.07) is 0. The van der Waals surface area contributed by atoms with Gasteiger partial charge in [0, 0.05) is 5.31 Å². The average Bonchev–Trinajstić information content (AvgIpc) is 2.01. The molecule has 7 heteroatoms. The zero-order chi connectivity index (χ0) is 12.7. The second kappa shape index (κ2) is 3.61. The first-order valence-electron chi connectivity index (χ1n) is 4.36. The first-order valence-corrected chi connectivity index (χ1v) is 4.36. The molecule has 0 aromatic heterocycles. The highest BCUT2D eigenvalue weighted by molar-refractivity contribution is 6.30. The van der Waals surface area contributed by atoms with Gasteiger partial charge in [-0.25, -0.2) is 4.39 Å². The van der Waals surface area contributed by atoms with Gasteiger partial charge in [-0.1, -0.05) is 13.8 Å².